The Kier molecular flexibility index (Phi) is 5.12. The Morgan fingerprint density at radius 3 is 2.48 bits per heavy atom. The van der Waals surface area contributed by atoms with Crippen molar-refractivity contribution in [3.63, 3.8) is 0 Å². The van der Waals surface area contributed by atoms with Crippen LogP contribution in [0.2, 0.25) is 0 Å². The van der Waals surface area contributed by atoms with Crippen molar-refractivity contribution < 1.29 is 19.1 Å². The number of methoxy groups -OCH3 is 2. The van der Waals surface area contributed by atoms with Crippen LogP contribution in [-0.2, 0) is 4.79 Å². The molecule has 0 spiro atoms. The van der Waals surface area contributed by atoms with Gasteiger partial charge in [0.2, 0.25) is 0 Å². The summed E-state index contributed by atoms with van der Waals surface area (Å²) in [6, 6.07) is 12.4. The van der Waals surface area contributed by atoms with Gasteiger partial charge in [0.05, 0.1) is 24.8 Å². The normalized spacial score (nSPS) is 15.4. The second-order valence-electron chi connectivity index (χ2n) is 6.19. The van der Waals surface area contributed by atoms with Crippen molar-refractivity contribution in [2.45, 2.75) is 0 Å². The molecule has 1 fully saturated rings. The highest BCUT2D eigenvalue weighted by Gasteiger charge is 2.34. The van der Waals surface area contributed by atoms with Crippen LogP contribution >= 0.6 is 24.0 Å². The van der Waals surface area contributed by atoms with Crippen molar-refractivity contribution in [1.82, 2.24) is 4.98 Å². The molecule has 29 heavy (non-hydrogen) atoms. The van der Waals surface area contributed by atoms with Gasteiger partial charge in [0, 0.05) is 28.7 Å². The Morgan fingerprint density at radius 2 is 1.79 bits per heavy atom. The maximum absolute atomic E-state index is 12.9. The molecule has 0 saturated carbocycles. The fourth-order valence-corrected chi connectivity index (χ4v) is 4.32. The number of ketones is 1. The van der Waals surface area contributed by atoms with E-state index in [1.807, 2.05) is 12.1 Å². The quantitative estimate of drug-likeness (QED) is 0.374. The van der Waals surface area contributed by atoms with Crippen molar-refractivity contribution in [2.75, 3.05) is 19.1 Å². The molecular formula is C21H16N2O4S2. The lowest BCUT2D eigenvalue weighted by atomic mass is 10.1. The molecule has 1 aromatic heterocycles. The van der Waals surface area contributed by atoms with E-state index in [0.717, 1.165) is 22.7 Å². The third-order valence-electron chi connectivity index (χ3n) is 4.54. The smallest absolute Gasteiger partial charge is 0.270 e. The maximum Gasteiger partial charge on any atom is 0.270 e. The largest absolute Gasteiger partial charge is 0.497 e. The molecule has 0 unspecified atom stereocenters. The number of hydrogen-bond acceptors (Lipinski definition) is 6. The highest BCUT2D eigenvalue weighted by atomic mass is 32.2. The number of benzene rings is 2. The maximum atomic E-state index is 12.9. The molecule has 1 saturated heterocycles. The number of hydrogen-bond donors (Lipinski definition) is 1. The summed E-state index contributed by atoms with van der Waals surface area (Å²) >= 11 is 6.47. The van der Waals surface area contributed by atoms with Crippen LogP contribution < -0.4 is 14.4 Å². The number of thioether (sulfide) groups is 1. The lowest BCUT2D eigenvalue weighted by Gasteiger charge is -2.14. The van der Waals surface area contributed by atoms with Crippen LogP contribution in [-0.4, -0.2) is 35.2 Å². The van der Waals surface area contributed by atoms with Gasteiger partial charge in [-0.3, -0.25) is 14.5 Å². The molecule has 1 aliphatic rings. The van der Waals surface area contributed by atoms with Gasteiger partial charge >= 0.3 is 0 Å². The molecule has 0 aliphatic carbocycles. The highest BCUT2D eigenvalue weighted by molar-refractivity contribution is 8.27. The van der Waals surface area contributed by atoms with Gasteiger partial charge in [-0.25, -0.2) is 0 Å². The Bertz CT molecular complexity index is 1170. The van der Waals surface area contributed by atoms with Crippen molar-refractivity contribution in [3.8, 4) is 11.5 Å². The number of ether oxygens (including phenoxy) is 2. The van der Waals surface area contributed by atoms with Crippen LogP contribution in [0.3, 0.4) is 0 Å². The van der Waals surface area contributed by atoms with Gasteiger partial charge in [0.1, 0.15) is 11.5 Å². The SMILES string of the molecule is COc1ccc(N2C(=O)C(=CC(=O)c3c[nH]c4ccc(OC)cc34)SC2=S)cc1. The van der Waals surface area contributed by atoms with Gasteiger partial charge in [0.15, 0.2) is 10.1 Å². The molecule has 4 rings (SSSR count). The van der Waals surface area contributed by atoms with Crippen molar-refractivity contribution >= 4 is 56.6 Å². The topological polar surface area (TPSA) is 71.6 Å². The summed E-state index contributed by atoms with van der Waals surface area (Å²) in [7, 11) is 3.14. The minimum atomic E-state index is -0.323. The number of fused-ring (bicyclic) bond motifs is 1. The van der Waals surface area contributed by atoms with Crippen LogP contribution in [0.25, 0.3) is 10.9 Å². The standard InChI is InChI=1S/C21H16N2O4S2/c1-26-13-5-3-12(4-6-13)23-20(25)19(29-21(23)28)10-18(24)16-11-22-17-8-7-14(27-2)9-15(16)17/h3-11,22H,1-2H3. The van der Waals surface area contributed by atoms with E-state index in [1.54, 1.807) is 50.7 Å². The van der Waals surface area contributed by atoms with E-state index in [9.17, 15) is 9.59 Å². The van der Waals surface area contributed by atoms with Crippen molar-refractivity contribution in [3.05, 3.63) is 65.2 Å². The van der Waals surface area contributed by atoms with Crippen molar-refractivity contribution in [1.29, 1.82) is 0 Å². The summed E-state index contributed by atoms with van der Waals surface area (Å²) in [6.07, 6.45) is 2.97. The molecule has 3 aromatic rings. The molecule has 2 heterocycles. The predicted octanol–water partition coefficient (Wildman–Crippen LogP) is 4.32. The van der Waals surface area contributed by atoms with Gasteiger partial charge in [-0.05, 0) is 42.5 Å². The summed E-state index contributed by atoms with van der Waals surface area (Å²) < 4.78 is 10.8. The first kappa shape index (κ1) is 19.2. The fraction of sp³-hybridized carbons (Fsp3) is 0.0952. The first-order valence-electron chi connectivity index (χ1n) is 8.63. The van der Waals surface area contributed by atoms with Crippen LogP contribution in [0.15, 0.2) is 59.6 Å². The molecule has 0 atom stereocenters. The fourth-order valence-electron chi connectivity index (χ4n) is 3.05. The zero-order chi connectivity index (χ0) is 20.5. The lowest BCUT2D eigenvalue weighted by Crippen LogP contribution is -2.27. The number of anilines is 1. The number of aromatic nitrogens is 1. The van der Waals surface area contributed by atoms with E-state index < -0.39 is 0 Å². The molecule has 146 valence electrons. The van der Waals surface area contributed by atoms with Gasteiger partial charge in [-0.2, -0.15) is 0 Å². The van der Waals surface area contributed by atoms with E-state index in [2.05, 4.69) is 4.98 Å². The van der Waals surface area contributed by atoms with Gasteiger partial charge in [-0.15, -0.1) is 0 Å². The van der Waals surface area contributed by atoms with E-state index >= 15 is 0 Å². The van der Waals surface area contributed by atoms with Crippen LogP contribution in [0.5, 0.6) is 11.5 Å². The van der Waals surface area contributed by atoms with E-state index in [4.69, 9.17) is 21.7 Å². The second kappa shape index (κ2) is 7.73. The lowest BCUT2D eigenvalue weighted by molar-refractivity contribution is -0.113. The van der Waals surface area contributed by atoms with E-state index in [1.165, 1.54) is 11.0 Å². The van der Waals surface area contributed by atoms with Crippen LogP contribution in [0.4, 0.5) is 5.69 Å². The molecule has 0 radical (unpaired) electrons. The number of nitrogens with one attached hydrogen (secondary N) is 1. The number of aromatic amines is 1. The molecule has 0 bridgehead atoms. The summed E-state index contributed by atoms with van der Waals surface area (Å²) in [4.78, 5) is 30.5. The number of H-pyrrole nitrogens is 1. The number of rotatable bonds is 5. The number of carbonyl (C=O) groups excluding carboxylic acids is 2. The number of allylic oxidation sites excluding steroid dienone is 1. The van der Waals surface area contributed by atoms with Crippen LogP contribution in [0, 0.1) is 0 Å². The Morgan fingerprint density at radius 1 is 1.10 bits per heavy atom. The van der Waals surface area contributed by atoms with Crippen LogP contribution in [0.1, 0.15) is 10.4 Å². The first-order valence-corrected chi connectivity index (χ1v) is 9.86. The zero-order valence-corrected chi connectivity index (χ0v) is 17.2. The zero-order valence-electron chi connectivity index (χ0n) is 15.6. The van der Waals surface area contributed by atoms with Gasteiger partial charge in [0.25, 0.3) is 5.91 Å². The molecule has 1 N–H and O–H groups in total. The minimum absolute atomic E-state index is 0.278. The molecule has 2 aromatic carbocycles. The molecule has 1 amide bonds. The highest BCUT2D eigenvalue weighted by Crippen LogP contribution is 2.36. The van der Waals surface area contributed by atoms with Gasteiger partial charge < -0.3 is 14.5 Å². The average molecular weight is 425 g/mol. The third-order valence-corrected chi connectivity index (χ3v) is 5.84. The Hall–Kier alpha value is -3.10. The second-order valence-corrected chi connectivity index (χ2v) is 7.87. The summed E-state index contributed by atoms with van der Waals surface area (Å²) in [5.41, 5.74) is 1.91. The first-order chi connectivity index (χ1) is 14.0. The van der Waals surface area contributed by atoms with Gasteiger partial charge in [-0.1, -0.05) is 24.0 Å². The monoisotopic (exact) mass is 424 g/mol. The number of carbonyl (C=O) groups is 2. The predicted molar refractivity (Wildman–Crippen MR) is 118 cm³/mol. The molecular weight excluding hydrogens is 408 g/mol. The summed E-state index contributed by atoms with van der Waals surface area (Å²) in [5.74, 6) is 0.729. The number of nitrogens with zero attached hydrogens (tertiary/aromatic N) is 1. The Labute approximate surface area is 176 Å². The molecule has 8 heteroatoms. The minimum Gasteiger partial charge on any atom is -0.497 e. The summed E-state index contributed by atoms with van der Waals surface area (Å²) in [6.45, 7) is 0. The summed E-state index contributed by atoms with van der Waals surface area (Å²) in [5, 5.41) is 0.733. The number of amides is 1. The molecule has 6 nitrogen and oxygen atoms in total. The third kappa shape index (κ3) is 3.52. The van der Waals surface area contributed by atoms with Crippen molar-refractivity contribution in [2.24, 2.45) is 0 Å². The van der Waals surface area contributed by atoms with E-state index in [0.29, 0.717) is 27.1 Å². The number of thiocarbonyl (C=S) groups is 1. The molecule has 1 aliphatic heterocycles. The average Bonchev–Trinajstić information content (AvgIpc) is 3.28. The Balaban J connectivity index is 1.64. The van der Waals surface area contributed by atoms with E-state index in [-0.39, 0.29) is 16.6 Å².